The molecule has 0 unspecified atom stereocenters. The summed E-state index contributed by atoms with van der Waals surface area (Å²) in [7, 11) is 0. The summed E-state index contributed by atoms with van der Waals surface area (Å²) in [5, 5.41) is 13.8. The quantitative estimate of drug-likeness (QED) is 0.736. The Morgan fingerprint density at radius 1 is 1.21 bits per heavy atom. The van der Waals surface area contributed by atoms with Crippen LogP contribution >= 0.6 is 11.3 Å². The van der Waals surface area contributed by atoms with Crippen molar-refractivity contribution in [2.24, 2.45) is 0 Å². The van der Waals surface area contributed by atoms with Crippen molar-refractivity contribution in [1.82, 2.24) is 10.2 Å². The van der Waals surface area contributed by atoms with Crippen LogP contribution in [-0.2, 0) is 0 Å². The van der Waals surface area contributed by atoms with Gasteiger partial charge in [0.25, 0.3) is 5.91 Å². The van der Waals surface area contributed by atoms with Gasteiger partial charge in [-0.2, -0.15) is 0 Å². The molecule has 3 aromatic rings. The molecule has 1 aliphatic carbocycles. The van der Waals surface area contributed by atoms with E-state index in [9.17, 15) is 4.79 Å². The average molecular weight is 341 g/mol. The summed E-state index contributed by atoms with van der Waals surface area (Å²) in [5.74, 6) is 0.565. The van der Waals surface area contributed by atoms with Crippen molar-refractivity contribution in [2.75, 3.05) is 5.32 Å². The van der Waals surface area contributed by atoms with E-state index >= 15 is 0 Å². The summed E-state index contributed by atoms with van der Waals surface area (Å²) in [6.45, 7) is 1.90. The zero-order chi connectivity index (χ0) is 16.5. The number of hydrogen-bond acceptors (Lipinski definition) is 5. The van der Waals surface area contributed by atoms with Gasteiger partial charge < -0.3 is 4.42 Å². The lowest BCUT2D eigenvalue weighted by molar-refractivity contribution is 0.0998. The van der Waals surface area contributed by atoms with E-state index < -0.39 is 0 Å². The van der Waals surface area contributed by atoms with Crippen LogP contribution in [0.5, 0.6) is 0 Å². The van der Waals surface area contributed by atoms with Crippen LogP contribution in [0.2, 0.25) is 0 Å². The molecule has 0 spiro atoms. The maximum Gasteiger partial charge on any atom is 0.293 e. The van der Waals surface area contributed by atoms with Crippen molar-refractivity contribution < 1.29 is 9.21 Å². The molecule has 6 heteroatoms. The van der Waals surface area contributed by atoms with Crippen molar-refractivity contribution in [3.05, 3.63) is 40.6 Å². The monoisotopic (exact) mass is 341 g/mol. The molecule has 0 saturated heterocycles. The summed E-state index contributed by atoms with van der Waals surface area (Å²) in [4.78, 5) is 12.5. The Kier molecular flexibility index (Phi) is 4.06. The fourth-order valence-electron chi connectivity index (χ4n) is 3.34. The van der Waals surface area contributed by atoms with Gasteiger partial charge in [0.1, 0.15) is 10.6 Å². The number of hydrogen-bond donors (Lipinski definition) is 1. The number of rotatable bonds is 3. The highest BCUT2D eigenvalue weighted by Gasteiger charge is 2.22. The first kappa shape index (κ1) is 15.3. The second-order valence-electron chi connectivity index (χ2n) is 6.29. The van der Waals surface area contributed by atoms with Crippen LogP contribution in [0.25, 0.3) is 11.0 Å². The van der Waals surface area contributed by atoms with Gasteiger partial charge in [-0.1, -0.05) is 48.8 Å². The second-order valence-corrected chi connectivity index (χ2v) is 7.30. The highest BCUT2D eigenvalue weighted by Crippen LogP contribution is 2.35. The third-order valence-corrected chi connectivity index (χ3v) is 5.67. The molecule has 0 aliphatic heterocycles. The SMILES string of the molecule is Cc1c(C(=O)Nc2nnc(C3CCCCC3)s2)oc2ccccc12. The Labute approximate surface area is 144 Å². The first-order valence-electron chi connectivity index (χ1n) is 8.35. The first-order valence-corrected chi connectivity index (χ1v) is 9.17. The van der Waals surface area contributed by atoms with E-state index in [1.165, 1.54) is 43.4 Å². The van der Waals surface area contributed by atoms with Crippen molar-refractivity contribution in [2.45, 2.75) is 44.9 Å². The lowest BCUT2D eigenvalue weighted by Gasteiger charge is -2.18. The summed E-state index contributed by atoms with van der Waals surface area (Å²) < 4.78 is 5.70. The molecule has 5 nitrogen and oxygen atoms in total. The van der Waals surface area contributed by atoms with Gasteiger partial charge in [-0.05, 0) is 25.8 Å². The number of carbonyl (C=O) groups excluding carboxylic acids is 1. The minimum Gasteiger partial charge on any atom is -0.451 e. The Hall–Kier alpha value is -2.21. The number of amides is 1. The highest BCUT2D eigenvalue weighted by molar-refractivity contribution is 7.15. The minimum absolute atomic E-state index is 0.268. The van der Waals surface area contributed by atoms with E-state index in [0.717, 1.165) is 21.5 Å². The number of nitrogens with zero attached hydrogens (tertiary/aromatic N) is 2. The minimum atomic E-state index is -0.268. The van der Waals surface area contributed by atoms with E-state index in [4.69, 9.17) is 4.42 Å². The van der Waals surface area contributed by atoms with Crippen LogP contribution in [0, 0.1) is 6.92 Å². The second kappa shape index (κ2) is 6.36. The molecule has 0 atom stereocenters. The van der Waals surface area contributed by atoms with Gasteiger partial charge in [0.2, 0.25) is 5.13 Å². The summed E-state index contributed by atoms with van der Waals surface area (Å²) in [6, 6.07) is 7.66. The highest BCUT2D eigenvalue weighted by atomic mass is 32.1. The lowest BCUT2D eigenvalue weighted by atomic mass is 9.90. The number of fused-ring (bicyclic) bond motifs is 1. The number of para-hydroxylation sites is 1. The van der Waals surface area contributed by atoms with Gasteiger partial charge in [-0.15, -0.1) is 10.2 Å². The molecule has 1 aliphatic rings. The normalized spacial score (nSPS) is 15.7. The fourth-order valence-corrected chi connectivity index (χ4v) is 4.25. The molecule has 1 fully saturated rings. The van der Waals surface area contributed by atoms with Gasteiger partial charge in [-0.25, -0.2) is 0 Å². The predicted octanol–water partition coefficient (Wildman–Crippen LogP) is 4.89. The third kappa shape index (κ3) is 2.82. The largest absolute Gasteiger partial charge is 0.451 e. The number of anilines is 1. The van der Waals surface area contributed by atoms with Gasteiger partial charge in [0.15, 0.2) is 5.76 Å². The van der Waals surface area contributed by atoms with Gasteiger partial charge in [0, 0.05) is 16.9 Å². The zero-order valence-corrected chi connectivity index (χ0v) is 14.4. The molecule has 0 bridgehead atoms. The summed E-state index contributed by atoms with van der Waals surface area (Å²) in [5.41, 5.74) is 1.57. The number of nitrogens with one attached hydrogen (secondary N) is 1. The van der Waals surface area contributed by atoms with E-state index in [2.05, 4.69) is 15.5 Å². The molecular weight excluding hydrogens is 322 g/mol. The number of aryl methyl sites for hydroxylation is 1. The Morgan fingerprint density at radius 3 is 2.79 bits per heavy atom. The zero-order valence-electron chi connectivity index (χ0n) is 13.5. The smallest absolute Gasteiger partial charge is 0.293 e. The Balaban J connectivity index is 1.53. The van der Waals surface area contributed by atoms with Gasteiger partial charge in [-0.3, -0.25) is 10.1 Å². The first-order chi connectivity index (χ1) is 11.7. The topological polar surface area (TPSA) is 68.0 Å². The maximum atomic E-state index is 12.5. The number of carbonyl (C=O) groups is 1. The molecule has 1 N–H and O–H groups in total. The molecule has 124 valence electrons. The van der Waals surface area contributed by atoms with Crippen molar-refractivity contribution >= 4 is 33.3 Å². The van der Waals surface area contributed by atoms with Crippen LogP contribution in [0.3, 0.4) is 0 Å². The average Bonchev–Trinajstić information content (AvgIpc) is 3.21. The van der Waals surface area contributed by atoms with E-state index in [0.29, 0.717) is 16.8 Å². The number of aromatic nitrogens is 2. The molecule has 0 radical (unpaired) electrons. The van der Waals surface area contributed by atoms with Crippen LogP contribution in [0.1, 0.15) is 59.1 Å². The van der Waals surface area contributed by atoms with Crippen molar-refractivity contribution in [3.63, 3.8) is 0 Å². The summed E-state index contributed by atoms with van der Waals surface area (Å²) in [6.07, 6.45) is 6.16. The standard InChI is InChI=1S/C18H19N3O2S/c1-11-13-9-5-6-10-14(13)23-15(11)16(22)19-18-21-20-17(24-18)12-7-3-2-4-8-12/h5-6,9-10,12H,2-4,7-8H2,1H3,(H,19,21,22). The number of furan rings is 1. The van der Waals surface area contributed by atoms with Crippen LogP contribution in [0.4, 0.5) is 5.13 Å². The summed E-state index contributed by atoms with van der Waals surface area (Å²) >= 11 is 1.48. The predicted molar refractivity (Wildman–Crippen MR) is 94.6 cm³/mol. The third-order valence-electron chi connectivity index (χ3n) is 4.67. The van der Waals surface area contributed by atoms with Gasteiger partial charge >= 0.3 is 0 Å². The van der Waals surface area contributed by atoms with Gasteiger partial charge in [0.05, 0.1) is 0 Å². The molecular formula is C18H19N3O2S. The molecule has 2 aromatic heterocycles. The lowest BCUT2D eigenvalue weighted by Crippen LogP contribution is -2.11. The van der Waals surface area contributed by atoms with Crippen molar-refractivity contribution in [1.29, 1.82) is 0 Å². The molecule has 2 heterocycles. The maximum absolute atomic E-state index is 12.5. The molecule has 4 rings (SSSR count). The van der Waals surface area contributed by atoms with E-state index in [1.807, 2.05) is 31.2 Å². The van der Waals surface area contributed by atoms with E-state index in [1.54, 1.807) is 0 Å². The van der Waals surface area contributed by atoms with Crippen molar-refractivity contribution in [3.8, 4) is 0 Å². The Morgan fingerprint density at radius 2 is 2.00 bits per heavy atom. The number of benzene rings is 1. The van der Waals surface area contributed by atoms with E-state index in [-0.39, 0.29) is 5.91 Å². The molecule has 1 aromatic carbocycles. The fraction of sp³-hybridized carbons (Fsp3) is 0.389. The molecule has 24 heavy (non-hydrogen) atoms. The van der Waals surface area contributed by atoms with Crippen LogP contribution in [0.15, 0.2) is 28.7 Å². The Bertz CT molecular complexity index is 877. The van der Waals surface area contributed by atoms with Crippen LogP contribution in [-0.4, -0.2) is 16.1 Å². The molecule has 1 saturated carbocycles. The molecule has 1 amide bonds. The van der Waals surface area contributed by atoms with Crippen LogP contribution < -0.4 is 5.32 Å².